The van der Waals surface area contributed by atoms with Crippen molar-refractivity contribution in [2.24, 2.45) is 0 Å². The Kier molecular flexibility index (Phi) is 6.54. The molecule has 0 unspecified atom stereocenters. The Morgan fingerprint density at radius 1 is 1.04 bits per heavy atom. The molecule has 0 aromatic heterocycles. The van der Waals surface area contributed by atoms with E-state index in [1.165, 1.54) is 0 Å². The Morgan fingerprint density at radius 2 is 1.52 bits per heavy atom. The van der Waals surface area contributed by atoms with E-state index in [1.807, 2.05) is 29.2 Å². The first kappa shape index (κ1) is 21.0. The van der Waals surface area contributed by atoms with Gasteiger partial charge in [0.05, 0.1) is 0 Å². The van der Waals surface area contributed by atoms with Crippen LogP contribution in [-0.2, 0) is 9.13 Å². The van der Waals surface area contributed by atoms with Gasteiger partial charge in [-0.25, -0.2) is 0 Å². The van der Waals surface area contributed by atoms with Crippen molar-refractivity contribution in [3.05, 3.63) is 34.9 Å². The van der Waals surface area contributed by atoms with Crippen LogP contribution >= 0.6 is 26.8 Å². The smallest absolute Gasteiger partial charge is 0.367 e. The number of likely N-dealkylation sites (tertiary alicyclic amines) is 1. The quantitative estimate of drug-likeness (QED) is 0.446. The van der Waals surface area contributed by atoms with Crippen LogP contribution in [0.2, 0.25) is 5.02 Å². The Hall–Kier alpha value is -0.270. The molecule has 1 aliphatic heterocycles. The molecule has 2 rings (SSSR count). The number of rotatable bonds is 6. The molecule has 0 atom stereocenters. The molecule has 1 fully saturated rings. The molecule has 0 aliphatic carbocycles. The first-order valence-electron chi connectivity index (χ1n) is 7.75. The largest absolute Gasteiger partial charge is 0.369 e. The maximum absolute atomic E-state index is 11.4. The first-order chi connectivity index (χ1) is 11.4. The van der Waals surface area contributed by atoms with Gasteiger partial charge in [0, 0.05) is 18.0 Å². The highest BCUT2D eigenvalue weighted by molar-refractivity contribution is 7.72. The van der Waals surface area contributed by atoms with E-state index in [4.69, 9.17) is 31.2 Å². The second-order valence-corrected chi connectivity index (χ2v) is 10.7. The summed E-state index contributed by atoms with van der Waals surface area (Å²) in [5.41, 5.74) is 1.16. The van der Waals surface area contributed by atoms with Crippen molar-refractivity contribution in [3.63, 3.8) is 0 Å². The summed E-state index contributed by atoms with van der Waals surface area (Å²) in [6.07, 6.45) is 0.894. The van der Waals surface area contributed by atoms with E-state index in [1.54, 1.807) is 0 Å². The van der Waals surface area contributed by atoms with E-state index in [-0.39, 0.29) is 6.54 Å². The van der Waals surface area contributed by atoms with E-state index < -0.39 is 26.7 Å². The second-order valence-electron chi connectivity index (χ2n) is 6.28. The molecule has 142 valence electrons. The minimum Gasteiger partial charge on any atom is -0.367 e. The molecule has 0 bridgehead atoms. The Labute approximate surface area is 150 Å². The highest BCUT2D eigenvalue weighted by atomic mass is 35.5. The van der Waals surface area contributed by atoms with Gasteiger partial charge >= 0.3 is 15.2 Å². The van der Waals surface area contributed by atoms with Gasteiger partial charge in [0.25, 0.3) is 5.08 Å². The average molecular weight is 414 g/mol. The van der Waals surface area contributed by atoms with Gasteiger partial charge in [0.1, 0.15) is 0 Å². The highest BCUT2D eigenvalue weighted by Gasteiger charge is 2.59. The third-order valence-corrected chi connectivity index (χ3v) is 8.75. The molecule has 5 N–H and O–H groups in total. The van der Waals surface area contributed by atoms with E-state index in [0.717, 1.165) is 18.4 Å². The van der Waals surface area contributed by atoms with Gasteiger partial charge in [0.15, 0.2) is 0 Å². The first-order valence-corrected chi connectivity index (χ1v) is 11.4. The Balaban J connectivity index is 1.94. The van der Waals surface area contributed by atoms with Gasteiger partial charge in [-0.05, 0) is 49.5 Å². The maximum Gasteiger partial charge on any atom is 0.369 e. The van der Waals surface area contributed by atoms with Crippen LogP contribution in [0.4, 0.5) is 0 Å². The topological polar surface area (TPSA) is 139 Å². The number of halogens is 1. The standard InChI is InChI=1S/C14H22ClNO7P2/c15-13-3-1-11(2-4-13)12-5-8-16(9-6-12)10-7-14(17,24(18,19)20)25(21,22)23/h1-4,12,17H,5-10H2,(H2,18,19,20)(H2,21,22,23). The number of benzene rings is 1. The van der Waals surface area contributed by atoms with Crippen molar-refractivity contribution in [1.29, 1.82) is 0 Å². The summed E-state index contributed by atoms with van der Waals surface area (Å²) in [4.78, 5) is 38.5. The number of nitrogens with zero attached hydrogens (tertiary/aromatic N) is 1. The van der Waals surface area contributed by atoms with Gasteiger partial charge in [-0.15, -0.1) is 0 Å². The van der Waals surface area contributed by atoms with Crippen molar-refractivity contribution in [3.8, 4) is 0 Å². The van der Waals surface area contributed by atoms with Crippen LogP contribution in [0, 0.1) is 0 Å². The predicted octanol–water partition coefficient (Wildman–Crippen LogP) is 1.91. The average Bonchev–Trinajstić information content (AvgIpc) is 2.52. The lowest BCUT2D eigenvalue weighted by molar-refractivity contribution is 0.102. The van der Waals surface area contributed by atoms with Crippen LogP contribution in [0.5, 0.6) is 0 Å². The van der Waals surface area contributed by atoms with Crippen LogP contribution < -0.4 is 0 Å². The lowest BCUT2D eigenvalue weighted by Crippen LogP contribution is -2.38. The molecule has 1 heterocycles. The summed E-state index contributed by atoms with van der Waals surface area (Å²) in [6, 6.07) is 7.57. The molecule has 0 radical (unpaired) electrons. The fourth-order valence-corrected chi connectivity index (χ4v) is 5.26. The molecule has 1 aromatic carbocycles. The highest BCUT2D eigenvalue weighted by Crippen LogP contribution is 2.68. The third kappa shape index (κ3) is 4.92. The number of aliphatic hydroxyl groups is 1. The van der Waals surface area contributed by atoms with Crippen molar-refractivity contribution in [2.45, 2.75) is 30.3 Å². The van der Waals surface area contributed by atoms with Gasteiger partial charge in [0.2, 0.25) is 0 Å². The van der Waals surface area contributed by atoms with Crippen molar-refractivity contribution >= 4 is 26.8 Å². The van der Waals surface area contributed by atoms with E-state index >= 15 is 0 Å². The summed E-state index contributed by atoms with van der Waals surface area (Å²) in [5, 5.41) is 7.23. The molecule has 0 spiro atoms. The van der Waals surface area contributed by atoms with Crippen molar-refractivity contribution in [1.82, 2.24) is 4.90 Å². The number of hydrogen-bond acceptors (Lipinski definition) is 4. The number of piperidine rings is 1. The van der Waals surface area contributed by atoms with E-state index in [2.05, 4.69) is 0 Å². The molecule has 0 amide bonds. The van der Waals surface area contributed by atoms with E-state index in [9.17, 15) is 14.2 Å². The Morgan fingerprint density at radius 3 is 1.96 bits per heavy atom. The van der Waals surface area contributed by atoms with Crippen molar-refractivity contribution in [2.75, 3.05) is 19.6 Å². The van der Waals surface area contributed by atoms with Gasteiger partial charge in [-0.2, -0.15) is 0 Å². The lowest BCUT2D eigenvalue weighted by Gasteiger charge is -2.35. The monoisotopic (exact) mass is 413 g/mol. The summed E-state index contributed by atoms with van der Waals surface area (Å²) >= 11 is 5.87. The molecule has 1 aliphatic rings. The minimum atomic E-state index is -5.39. The molecule has 11 heteroatoms. The number of hydrogen-bond donors (Lipinski definition) is 5. The van der Waals surface area contributed by atoms with Crippen LogP contribution in [0.1, 0.15) is 30.7 Å². The van der Waals surface area contributed by atoms with E-state index in [0.29, 0.717) is 24.0 Å². The van der Waals surface area contributed by atoms with Crippen LogP contribution in [0.25, 0.3) is 0 Å². The van der Waals surface area contributed by atoms with Crippen LogP contribution in [0.15, 0.2) is 24.3 Å². The van der Waals surface area contributed by atoms with Gasteiger partial charge in [-0.3, -0.25) is 9.13 Å². The summed E-state index contributed by atoms with van der Waals surface area (Å²) in [7, 11) is -10.8. The summed E-state index contributed by atoms with van der Waals surface area (Å²) in [6.45, 7) is 1.19. The second kappa shape index (κ2) is 7.77. The molecule has 8 nitrogen and oxygen atoms in total. The molecular formula is C14H22ClNO7P2. The predicted molar refractivity (Wildman–Crippen MR) is 93.5 cm³/mol. The zero-order valence-electron chi connectivity index (χ0n) is 13.4. The van der Waals surface area contributed by atoms with Crippen LogP contribution in [-0.4, -0.2) is 54.3 Å². The van der Waals surface area contributed by atoms with Gasteiger partial charge in [-0.1, -0.05) is 23.7 Å². The van der Waals surface area contributed by atoms with Gasteiger partial charge < -0.3 is 29.6 Å². The maximum atomic E-state index is 11.4. The Bertz CT molecular complexity index is 657. The minimum absolute atomic E-state index is 0.0138. The molecule has 1 saturated heterocycles. The molecular weight excluding hydrogens is 392 g/mol. The molecule has 1 aromatic rings. The zero-order chi connectivity index (χ0) is 18.9. The fraction of sp³-hybridized carbons (Fsp3) is 0.571. The van der Waals surface area contributed by atoms with Crippen LogP contribution in [0.3, 0.4) is 0 Å². The third-order valence-electron chi connectivity index (χ3n) is 4.63. The fourth-order valence-electron chi connectivity index (χ4n) is 2.99. The normalized spacial score (nSPS) is 18.5. The summed E-state index contributed by atoms with van der Waals surface area (Å²) < 4.78 is 22.7. The lowest BCUT2D eigenvalue weighted by atomic mass is 9.89. The zero-order valence-corrected chi connectivity index (χ0v) is 15.9. The summed E-state index contributed by atoms with van der Waals surface area (Å²) in [5.74, 6) is 0.330. The SMILES string of the molecule is O=P(O)(O)C(O)(CCN1CCC(c2ccc(Cl)cc2)CC1)P(=O)(O)O. The molecule has 25 heavy (non-hydrogen) atoms. The van der Waals surface area contributed by atoms with Crippen molar-refractivity contribution < 1.29 is 33.8 Å². The molecule has 0 saturated carbocycles.